The molecular formula is C28H36N2O4. The molecule has 0 spiro atoms. The van der Waals surface area contributed by atoms with Gasteiger partial charge in [0.25, 0.3) is 5.91 Å². The van der Waals surface area contributed by atoms with Crippen molar-refractivity contribution in [1.82, 2.24) is 4.90 Å². The van der Waals surface area contributed by atoms with Crippen molar-refractivity contribution in [3.63, 3.8) is 0 Å². The lowest BCUT2D eigenvalue weighted by Crippen LogP contribution is -2.48. The Morgan fingerprint density at radius 1 is 1.00 bits per heavy atom. The van der Waals surface area contributed by atoms with Gasteiger partial charge in [-0.1, -0.05) is 42.0 Å². The number of aliphatic hydroxyl groups is 1. The maximum Gasteiger partial charge on any atom is 0.404 e. The first-order valence-corrected chi connectivity index (χ1v) is 12.2. The fourth-order valence-electron chi connectivity index (χ4n) is 5.22. The normalized spacial score (nSPS) is 22.8. The van der Waals surface area contributed by atoms with E-state index in [9.17, 15) is 14.7 Å². The molecule has 6 nitrogen and oxygen atoms in total. The van der Waals surface area contributed by atoms with Crippen LogP contribution in [0.15, 0.2) is 48.5 Å². The molecule has 0 atom stereocenters. The van der Waals surface area contributed by atoms with Crippen molar-refractivity contribution < 1.29 is 19.4 Å². The van der Waals surface area contributed by atoms with E-state index in [4.69, 9.17) is 10.5 Å². The highest BCUT2D eigenvalue weighted by Gasteiger charge is 2.44. The third-order valence-electron chi connectivity index (χ3n) is 7.47. The van der Waals surface area contributed by atoms with Crippen LogP contribution in [0, 0.1) is 6.92 Å². The molecule has 2 aliphatic rings. The lowest BCUT2D eigenvalue weighted by atomic mass is 9.68. The van der Waals surface area contributed by atoms with Crippen molar-refractivity contribution in [1.29, 1.82) is 0 Å². The number of hydrogen-bond donors (Lipinski definition) is 2. The summed E-state index contributed by atoms with van der Waals surface area (Å²) in [5, 5.41) is 10.2. The van der Waals surface area contributed by atoms with E-state index in [1.807, 2.05) is 24.3 Å². The third-order valence-corrected chi connectivity index (χ3v) is 7.47. The van der Waals surface area contributed by atoms with E-state index >= 15 is 0 Å². The second-order valence-electron chi connectivity index (χ2n) is 10.6. The minimum atomic E-state index is -0.937. The van der Waals surface area contributed by atoms with Crippen molar-refractivity contribution in [2.75, 3.05) is 6.61 Å². The van der Waals surface area contributed by atoms with Crippen molar-refractivity contribution in [3.8, 4) is 0 Å². The molecule has 2 aromatic carbocycles. The predicted molar refractivity (Wildman–Crippen MR) is 132 cm³/mol. The Morgan fingerprint density at radius 2 is 1.56 bits per heavy atom. The lowest BCUT2D eigenvalue weighted by Gasteiger charge is -2.44. The Labute approximate surface area is 202 Å². The molecule has 2 fully saturated rings. The van der Waals surface area contributed by atoms with Crippen LogP contribution >= 0.6 is 0 Å². The summed E-state index contributed by atoms with van der Waals surface area (Å²) in [4.78, 5) is 27.0. The Kier molecular flexibility index (Phi) is 6.72. The van der Waals surface area contributed by atoms with Crippen LogP contribution in [0.1, 0.15) is 79.4 Å². The Morgan fingerprint density at radius 3 is 2.06 bits per heavy atom. The smallest absolute Gasteiger partial charge is 0.404 e. The minimum absolute atomic E-state index is 0.0611. The Hall–Kier alpha value is -2.86. The molecule has 34 heavy (non-hydrogen) atoms. The second-order valence-corrected chi connectivity index (χ2v) is 10.6. The molecule has 0 saturated heterocycles. The molecule has 0 radical (unpaired) electrons. The zero-order valence-electron chi connectivity index (χ0n) is 20.4. The molecule has 6 heteroatoms. The zero-order valence-corrected chi connectivity index (χ0v) is 20.4. The summed E-state index contributed by atoms with van der Waals surface area (Å²) in [7, 11) is 0. The van der Waals surface area contributed by atoms with Crippen LogP contribution in [-0.2, 0) is 15.8 Å². The number of benzene rings is 2. The Bertz CT molecular complexity index is 1010. The summed E-state index contributed by atoms with van der Waals surface area (Å²) >= 11 is 0. The quantitative estimate of drug-likeness (QED) is 0.615. The van der Waals surface area contributed by atoms with Crippen LogP contribution in [0.2, 0.25) is 0 Å². The van der Waals surface area contributed by atoms with Gasteiger partial charge in [0.15, 0.2) is 0 Å². The first-order valence-electron chi connectivity index (χ1n) is 12.2. The van der Waals surface area contributed by atoms with Gasteiger partial charge in [-0.15, -0.1) is 0 Å². The average molecular weight is 465 g/mol. The summed E-state index contributed by atoms with van der Waals surface area (Å²) in [6, 6.07) is 16.2. The van der Waals surface area contributed by atoms with Crippen LogP contribution in [0.3, 0.4) is 0 Å². The van der Waals surface area contributed by atoms with E-state index in [1.165, 1.54) is 5.56 Å². The fraction of sp³-hybridized carbons (Fsp3) is 0.500. The summed E-state index contributed by atoms with van der Waals surface area (Å²) < 4.78 is 5.32. The number of amides is 2. The molecule has 0 unspecified atom stereocenters. The van der Waals surface area contributed by atoms with Gasteiger partial charge in [0.05, 0.1) is 5.60 Å². The molecule has 182 valence electrons. The molecule has 3 N–H and O–H groups in total. The van der Waals surface area contributed by atoms with Crippen LogP contribution in [0.25, 0.3) is 0 Å². The molecule has 2 saturated carbocycles. The van der Waals surface area contributed by atoms with Crippen molar-refractivity contribution in [3.05, 3.63) is 70.8 Å². The first kappa shape index (κ1) is 24.3. The summed E-state index contributed by atoms with van der Waals surface area (Å²) in [5.41, 5.74) is 7.87. The van der Waals surface area contributed by atoms with Gasteiger partial charge in [-0.3, -0.25) is 4.79 Å². The van der Waals surface area contributed by atoms with E-state index in [-0.39, 0.29) is 24.0 Å². The standard InChI is InChI=1S/C28H36N2O4/c1-19-4-8-22(9-5-19)28(18-34-26(29)32)16-14-24(15-17-28)30(23-12-13-23)25(31)20-6-10-21(11-7-20)27(2,3)33/h4-11,23-24,33H,12-18H2,1-3H3,(H2,29,32). The molecule has 0 heterocycles. The van der Waals surface area contributed by atoms with Crippen LogP contribution in [-0.4, -0.2) is 40.7 Å². The van der Waals surface area contributed by atoms with Gasteiger partial charge in [-0.05, 0) is 82.6 Å². The van der Waals surface area contributed by atoms with Gasteiger partial charge >= 0.3 is 6.09 Å². The van der Waals surface area contributed by atoms with E-state index in [0.717, 1.165) is 49.7 Å². The second kappa shape index (κ2) is 9.41. The van der Waals surface area contributed by atoms with Crippen molar-refractivity contribution in [2.45, 2.75) is 82.4 Å². The van der Waals surface area contributed by atoms with E-state index < -0.39 is 11.7 Å². The summed E-state index contributed by atoms with van der Waals surface area (Å²) in [6.45, 7) is 5.80. The molecule has 4 rings (SSSR count). The highest BCUT2D eigenvalue weighted by atomic mass is 16.5. The van der Waals surface area contributed by atoms with E-state index in [0.29, 0.717) is 11.6 Å². The number of hydrogen-bond acceptors (Lipinski definition) is 4. The van der Waals surface area contributed by atoms with E-state index in [1.54, 1.807) is 13.8 Å². The average Bonchev–Trinajstić information content (AvgIpc) is 3.64. The maximum atomic E-state index is 13.5. The highest BCUT2D eigenvalue weighted by Crippen LogP contribution is 2.44. The largest absolute Gasteiger partial charge is 0.449 e. The molecule has 2 amide bonds. The Balaban J connectivity index is 1.52. The number of aryl methyl sites for hydroxylation is 1. The lowest BCUT2D eigenvalue weighted by molar-refractivity contribution is 0.0494. The number of primary amides is 1. The zero-order chi connectivity index (χ0) is 24.5. The van der Waals surface area contributed by atoms with Crippen molar-refractivity contribution >= 4 is 12.0 Å². The molecule has 2 aromatic rings. The van der Waals surface area contributed by atoms with Gasteiger partial charge < -0.3 is 20.5 Å². The van der Waals surface area contributed by atoms with Gasteiger partial charge in [0, 0.05) is 23.1 Å². The molecule has 2 aliphatic carbocycles. The fourth-order valence-corrected chi connectivity index (χ4v) is 5.22. The highest BCUT2D eigenvalue weighted by molar-refractivity contribution is 5.95. The number of carbonyl (C=O) groups excluding carboxylic acids is 2. The van der Waals surface area contributed by atoms with Crippen molar-refractivity contribution in [2.24, 2.45) is 5.73 Å². The number of rotatable bonds is 7. The van der Waals surface area contributed by atoms with Gasteiger partial charge in [-0.2, -0.15) is 0 Å². The summed E-state index contributed by atoms with van der Waals surface area (Å²) in [5.74, 6) is 0.0611. The van der Waals surface area contributed by atoms with E-state index in [2.05, 4.69) is 36.1 Å². The number of ether oxygens (including phenoxy) is 1. The SMILES string of the molecule is Cc1ccc(C2(COC(N)=O)CCC(N(C(=O)c3ccc(C(C)(C)O)cc3)C3CC3)CC2)cc1. The molecular weight excluding hydrogens is 428 g/mol. The monoisotopic (exact) mass is 464 g/mol. The predicted octanol–water partition coefficient (Wildman–Crippen LogP) is 4.80. The van der Waals surface area contributed by atoms with Crippen LogP contribution in [0.4, 0.5) is 4.79 Å². The van der Waals surface area contributed by atoms with Gasteiger partial charge in [-0.25, -0.2) is 4.79 Å². The molecule has 0 aliphatic heterocycles. The molecule has 0 aromatic heterocycles. The third kappa shape index (κ3) is 5.27. The topological polar surface area (TPSA) is 92.9 Å². The number of nitrogens with two attached hydrogens (primary N) is 1. The minimum Gasteiger partial charge on any atom is -0.449 e. The van der Waals surface area contributed by atoms with Crippen LogP contribution in [0.5, 0.6) is 0 Å². The maximum absolute atomic E-state index is 13.5. The summed E-state index contributed by atoms with van der Waals surface area (Å²) in [6.07, 6.45) is 4.66. The number of carbonyl (C=O) groups is 2. The molecule has 0 bridgehead atoms. The van der Waals surface area contributed by atoms with Gasteiger partial charge in [0.2, 0.25) is 0 Å². The number of nitrogens with zero attached hydrogens (tertiary/aromatic N) is 1. The van der Waals surface area contributed by atoms with Crippen LogP contribution < -0.4 is 5.73 Å². The van der Waals surface area contributed by atoms with Gasteiger partial charge in [0.1, 0.15) is 6.61 Å². The first-order chi connectivity index (χ1) is 16.1.